The summed E-state index contributed by atoms with van der Waals surface area (Å²) < 4.78 is 12.8. The molecular weight excluding hydrogens is 388 g/mol. The van der Waals surface area contributed by atoms with Crippen molar-refractivity contribution in [3.05, 3.63) is 35.9 Å². The molecule has 0 fully saturated rings. The van der Waals surface area contributed by atoms with Gasteiger partial charge in [-0.1, -0.05) is 76.3 Å². The van der Waals surface area contributed by atoms with E-state index in [9.17, 15) is 0 Å². The Morgan fingerprint density at radius 3 is 1.97 bits per heavy atom. The highest BCUT2D eigenvalue weighted by Gasteiger charge is 2.32. The molecule has 0 amide bonds. The molecule has 0 aliphatic rings. The third-order valence-corrected chi connectivity index (χ3v) is 13.3. The molecule has 1 aromatic rings. The minimum absolute atomic E-state index is 0.641. The van der Waals surface area contributed by atoms with Crippen LogP contribution in [0.25, 0.3) is 0 Å². The molecule has 0 N–H and O–H groups in total. The van der Waals surface area contributed by atoms with E-state index in [0.29, 0.717) is 5.92 Å². The minimum atomic E-state index is -1.56. The lowest BCUT2D eigenvalue weighted by atomic mass is 9.91. The fourth-order valence-corrected chi connectivity index (χ4v) is 13.2. The molecule has 0 aliphatic carbocycles. The van der Waals surface area contributed by atoms with Crippen molar-refractivity contribution in [1.29, 1.82) is 0 Å². The highest BCUT2D eigenvalue weighted by molar-refractivity contribution is 6.84. The van der Waals surface area contributed by atoms with E-state index in [2.05, 4.69) is 70.4 Å². The van der Waals surface area contributed by atoms with Crippen molar-refractivity contribution in [3.63, 3.8) is 0 Å². The predicted molar refractivity (Wildman–Crippen MR) is 134 cm³/mol. The van der Waals surface area contributed by atoms with Gasteiger partial charge in [0.15, 0.2) is 16.6 Å². The van der Waals surface area contributed by atoms with Crippen molar-refractivity contribution >= 4 is 16.6 Å². The summed E-state index contributed by atoms with van der Waals surface area (Å²) in [6.45, 7) is 15.9. The molecule has 0 aliphatic heterocycles. The van der Waals surface area contributed by atoms with Crippen LogP contribution in [0.1, 0.15) is 76.7 Å². The van der Waals surface area contributed by atoms with E-state index in [-0.39, 0.29) is 0 Å². The molecule has 29 heavy (non-hydrogen) atoms. The third kappa shape index (κ3) is 12.8. The molecule has 0 aromatic heterocycles. The van der Waals surface area contributed by atoms with Crippen LogP contribution in [0.4, 0.5) is 0 Å². The molecule has 2 nitrogen and oxygen atoms in total. The lowest BCUT2D eigenvalue weighted by Gasteiger charge is -2.34. The summed E-state index contributed by atoms with van der Waals surface area (Å²) in [5.41, 5.74) is 1.48. The summed E-state index contributed by atoms with van der Waals surface area (Å²) in [6.07, 6.45) is 10.1. The Hall–Kier alpha value is -0.426. The molecule has 1 atom stereocenters. The number of unbranched alkanes of at least 4 members (excludes halogenated alkanes) is 3. The molecule has 168 valence electrons. The van der Waals surface area contributed by atoms with Gasteiger partial charge in [0.05, 0.1) is 0 Å². The van der Waals surface area contributed by atoms with E-state index >= 15 is 0 Å². The fraction of sp³-hybridized carbons (Fsp3) is 0.760. The van der Waals surface area contributed by atoms with Gasteiger partial charge in [-0.2, -0.15) is 0 Å². The molecule has 0 heterocycles. The SMILES string of the molecule is CCCCCC(CCOCCC[Si](C)(C)O[Si](C)(C)CCCC)c1ccccc1. The van der Waals surface area contributed by atoms with Gasteiger partial charge in [0.25, 0.3) is 0 Å². The van der Waals surface area contributed by atoms with Gasteiger partial charge in [0.1, 0.15) is 0 Å². The van der Waals surface area contributed by atoms with Crippen LogP contribution in [-0.4, -0.2) is 29.8 Å². The summed E-state index contributed by atoms with van der Waals surface area (Å²) in [7, 11) is -3.05. The molecule has 4 heteroatoms. The molecule has 0 radical (unpaired) electrons. The van der Waals surface area contributed by atoms with Crippen molar-refractivity contribution in [3.8, 4) is 0 Å². The maximum atomic E-state index is 6.71. The lowest BCUT2D eigenvalue weighted by Crippen LogP contribution is -2.44. The van der Waals surface area contributed by atoms with Gasteiger partial charge >= 0.3 is 0 Å². The third-order valence-electron chi connectivity index (χ3n) is 5.79. The van der Waals surface area contributed by atoms with E-state index in [4.69, 9.17) is 8.85 Å². The second-order valence-corrected chi connectivity index (χ2v) is 18.7. The van der Waals surface area contributed by atoms with Crippen LogP contribution >= 0.6 is 0 Å². The summed E-state index contributed by atoms with van der Waals surface area (Å²) in [5.74, 6) is 0.641. The van der Waals surface area contributed by atoms with Crippen LogP contribution in [0.5, 0.6) is 0 Å². The monoisotopic (exact) mass is 436 g/mol. The first-order chi connectivity index (χ1) is 13.8. The highest BCUT2D eigenvalue weighted by Crippen LogP contribution is 2.27. The van der Waals surface area contributed by atoms with Crippen molar-refractivity contribution in [2.45, 2.75) is 109 Å². The van der Waals surface area contributed by atoms with Gasteiger partial charge in [0, 0.05) is 13.2 Å². The maximum Gasteiger partial charge on any atom is 0.173 e. The molecule has 1 aromatic carbocycles. The van der Waals surface area contributed by atoms with Gasteiger partial charge in [-0.15, -0.1) is 0 Å². The normalized spacial score (nSPS) is 13.6. The van der Waals surface area contributed by atoms with E-state index < -0.39 is 16.6 Å². The predicted octanol–water partition coefficient (Wildman–Crippen LogP) is 8.37. The molecule has 0 saturated heterocycles. The number of hydrogen-bond acceptors (Lipinski definition) is 2. The Morgan fingerprint density at radius 2 is 1.34 bits per heavy atom. The Balaban J connectivity index is 2.31. The molecule has 1 rings (SSSR count). The smallest absolute Gasteiger partial charge is 0.173 e. The first-order valence-corrected chi connectivity index (χ1v) is 18.4. The van der Waals surface area contributed by atoms with Crippen LogP contribution in [0.3, 0.4) is 0 Å². The Bertz CT molecular complexity index is 517. The average Bonchev–Trinajstić information content (AvgIpc) is 2.67. The summed E-state index contributed by atoms with van der Waals surface area (Å²) in [6, 6.07) is 13.5. The summed E-state index contributed by atoms with van der Waals surface area (Å²) >= 11 is 0. The van der Waals surface area contributed by atoms with E-state index in [1.165, 1.54) is 56.2 Å². The van der Waals surface area contributed by atoms with Gasteiger partial charge in [0.2, 0.25) is 0 Å². The zero-order chi connectivity index (χ0) is 21.6. The van der Waals surface area contributed by atoms with Crippen LogP contribution in [0.2, 0.25) is 38.3 Å². The maximum absolute atomic E-state index is 6.71. The molecule has 0 bridgehead atoms. The van der Waals surface area contributed by atoms with Crippen LogP contribution in [0.15, 0.2) is 30.3 Å². The summed E-state index contributed by atoms with van der Waals surface area (Å²) in [4.78, 5) is 0. The second-order valence-electron chi connectivity index (χ2n) is 9.83. The number of ether oxygens (including phenoxy) is 1. The van der Waals surface area contributed by atoms with Crippen molar-refractivity contribution < 1.29 is 8.85 Å². The largest absolute Gasteiger partial charge is 0.455 e. The van der Waals surface area contributed by atoms with Gasteiger partial charge in [-0.05, 0) is 69.0 Å². The van der Waals surface area contributed by atoms with E-state index in [1.807, 2.05) is 0 Å². The van der Waals surface area contributed by atoms with Gasteiger partial charge < -0.3 is 8.85 Å². The molecule has 0 saturated carbocycles. The summed E-state index contributed by atoms with van der Waals surface area (Å²) in [5, 5.41) is 0. The molecular formula is C25H48O2Si2. The van der Waals surface area contributed by atoms with Crippen LogP contribution in [0, 0.1) is 0 Å². The van der Waals surface area contributed by atoms with Crippen molar-refractivity contribution in [2.24, 2.45) is 0 Å². The molecule has 1 unspecified atom stereocenters. The van der Waals surface area contributed by atoms with E-state index in [0.717, 1.165) is 26.1 Å². The first-order valence-electron chi connectivity index (χ1n) is 12.1. The Kier molecular flexibility index (Phi) is 13.4. The minimum Gasteiger partial charge on any atom is -0.455 e. The topological polar surface area (TPSA) is 18.5 Å². The standard InChI is InChI=1S/C25H48O2Si2/c1-7-9-12-16-25(24-17-13-11-14-18-24)19-21-26-20-15-23-29(5,6)27-28(3,4)22-10-8-2/h11,13-14,17-18,25H,7-10,12,15-16,19-23H2,1-6H3. The van der Waals surface area contributed by atoms with Crippen molar-refractivity contribution in [1.82, 2.24) is 0 Å². The van der Waals surface area contributed by atoms with Crippen LogP contribution in [-0.2, 0) is 8.85 Å². The first kappa shape index (κ1) is 26.6. The lowest BCUT2D eigenvalue weighted by molar-refractivity contribution is 0.126. The molecule has 0 spiro atoms. The van der Waals surface area contributed by atoms with Gasteiger partial charge in [-0.3, -0.25) is 0 Å². The average molecular weight is 437 g/mol. The zero-order valence-corrected chi connectivity index (χ0v) is 22.3. The number of benzene rings is 1. The second kappa shape index (κ2) is 14.6. The quantitative estimate of drug-likeness (QED) is 0.180. The highest BCUT2D eigenvalue weighted by atomic mass is 28.4. The zero-order valence-electron chi connectivity index (χ0n) is 20.3. The van der Waals surface area contributed by atoms with Gasteiger partial charge in [-0.25, -0.2) is 0 Å². The number of rotatable bonds is 17. The Morgan fingerprint density at radius 1 is 0.724 bits per heavy atom. The van der Waals surface area contributed by atoms with Crippen LogP contribution < -0.4 is 0 Å². The Labute approximate surface area is 184 Å². The number of hydrogen-bond donors (Lipinski definition) is 0. The van der Waals surface area contributed by atoms with Crippen molar-refractivity contribution in [2.75, 3.05) is 13.2 Å². The fourth-order valence-electron chi connectivity index (χ4n) is 4.22. The van der Waals surface area contributed by atoms with E-state index in [1.54, 1.807) is 0 Å².